The maximum absolute atomic E-state index is 12.4. The van der Waals surface area contributed by atoms with Gasteiger partial charge in [-0.05, 0) is 29.5 Å². The van der Waals surface area contributed by atoms with Crippen molar-refractivity contribution in [3.8, 4) is 6.07 Å². The van der Waals surface area contributed by atoms with Crippen LogP contribution in [0.5, 0.6) is 0 Å². The zero-order chi connectivity index (χ0) is 19.2. The molecule has 138 valence electrons. The van der Waals surface area contributed by atoms with Gasteiger partial charge in [0.1, 0.15) is 0 Å². The molecule has 27 heavy (non-hydrogen) atoms. The van der Waals surface area contributed by atoms with Crippen LogP contribution in [0.2, 0.25) is 0 Å². The van der Waals surface area contributed by atoms with E-state index in [2.05, 4.69) is 16.7 Å². The minimum atomic E-state index is -0.241. The van der Waals surface area contributed by atoms with Gasteiger partial charge in [0.05, 0.1) is 22.4 Å². The van der Waals surface area contributed by atoms with Crippen molar-refractivity contribution in [3.05, 3.63) is 62.8 Å². The molecule has 1 aliphatic heterocycles. The van der Waals surface area contributed by atoms with Crippen molar-refractivity contribution >= 4 is 40.6 Å². The highest BCUT2D eigenvalue weighted by molar-refractivity contribution is 8.03. The van der Waals surface area contributed by atoms with Gasteiger partial charge < -0.3 is 10.6 Å². The normalized spacial score (nSPS) is 16.6. The molecule has 0 saturated carbocycles. The van der Waals surface area contributed by atoms with E-state index in [-0.39, 0.29) is 29.9 Å². The number of nitriles is 1. The number of thioether (sulfide) groups is 1. The molecular weight excluding hydrogens is 378 g/mol. The molecule has 0 unspecified atom stereocenters. The summed E-state index contributed by atoms with van der Waals surface area (Å²) >= 11 is 2.72. The molecule has 2 N–H and O–H groups in total. The third-order valence-corrected chi connectivity index (χ3v) is 6.27. The monoisotopic (exact) mass is 397 g/mol. The molecular formula is C20H19N3O2S2. The highest BCUT2D eigenvalue weighted by Gasteiger charge is 2.30. The van der Waals surface area contributed by atoms with E-state index < -0.39 is 0 Å². The summed E-state index contributed by atoms with van der Waals surface area (Å²) in [7, 11) is 0. The van der Waals surface area contributed by atoms with Gasteiger partial charge >= 0.3 is 0 Å². The minimum absolute atomic E-state index is 0.121. The molecule has 1 aromatic carbocycles. The summed E-state index contributed by atoms with van der Waals surface area (Å²) in [4.78, 5) is 25.4. The van der Waals surface area contributed by atoms with Gasteiger partial charge in [-0.25, -0.2) is 0 Å². The van der Waals surface area contributed by atoms with E-state index >= 15 is 0 Å². The van der Waals surface area contributed by atoms with Crippen LogP contribution in [0.25, 0.3) is 0 Å². The maximum Gasteiger partial charge on any atom is 0.234 e. The SMILES string of the molecule is CCc1ccccc1NC(=O)CSC1=C(C#N)[C@@H](c2cccs2)CC(=O)N1. The molecule has 0 fully saturated rings. The molecule has 7 heteroatoms. The quantitative estimate of drug-likeness (QED) is 0.771. The molecule has 2 heterocycles. The lowest BCUT2D eigenvalue weighted by Gasteiger charge is -2.23. The Morgan fingerprint density at radius 1 is 1.37 bits per heavy atom. The average Bonchev–Trinajstić information content (AvgIpc) is 3.21. The standard InChI is InChI=1S/C20H19N3O2S2/c1-2-13-6-3-4-7-16(13)22-19(25)12-27-20-15(11-21)14(10-18(24)23-20)17-8-5-9-26-17/h3-9,14H,2,10,12H2,1H3,(H,22,25)(H,23,24)/t14-/m0/s1. The predicted molar refractivity (Wildman–Crippen MR) is 109 cm³/mol. The summed E-state index contributed by atoms with van der Waals surface area (Å²) in [6.07, 6.45) is 1.08. The van der Waals surface area contributed by atoms with E-state index in [0.29, 0.717) is 10.6 Å². The second-order valence-corrected chi connectivity index (χ2v) is 7.99. The van der Waals surface area contributed by atoms with E-state index in [1.807, 2.05) is 48.7 Å². The number of hydrogen-bond donors (Lipinski definition) is 2. The van der Waals surface area contributed by atoms with Gasteiger partial charge in [0.2, 0.25) is 11.8 Å². The predicted octanol–water partition coefficient (Wildman–Crippen LogP) is 4.02. The first-order chi connectivity index (χ1) is 13.1. The number of nitrogens with zero attached hydrogens (tertiary/aromatic N) is 1. The van der Waals surface area contributed by atoms with Crippen molar-refractivity contribution in [2.75, 3.05) is 11.1 Å². The Kier molecular flexibility index (Phi) is 6.32. The molecule has 0 radical (unpaired) electrons. The number of aryl methyl sites for hydroxylation is 1. The molecule has 0 spiro atoms. The Balaban J connectivity index is 1.72. The third kappa shape index (κ3) is 4.59. The number of benzene rings is 1. The van der Waals surface area contributed by atoms with Gasteiger partial charge in [-0.1, -0.05) is 43.0 Å². The van der Waals surface area contributed by atoms with E-state index in [1.54, 1.807) is 0 Å². The minimum Gasteiger partial charge on any atom is -0.325 e. The summed E-state index contributed by atoms with van der Waals surface area (Å²) in [5.74, 6) is -0.421. The molecule has 1 atom stereocenters. The van der Waals surface area contributed by atoms with E-state index in [9.17, 15) is 14.9 Å². The van der Waals surface area contributed by atoms with Crippen LogP contribution >= 0.6 is 23.1 Å². The van der Waals surface area contributed by atoms with Gasteiger partial charge in [-0.15, -0.1) is 11.3 Å². The summed E-state index contributed by atoms with van der Waals surface area (Å²) in [5.41, 5.74) is 2.38. The van der Waals surface area contributed by atoms with Gasteiger partial charge in [0.15, 0.2) is 0 Å². The highest BCUT2D eigenvalue weighted by Crippen LogP contribution is 2.37. The van der Waals surface area contributed by atoms with Crippen LogP contribution < -0.4 is 10.6 Å². The van der Waals surface area contributed by atoms with E-state index in [4.69, 9.17) is 0 Å². The van der Waals surface area contributed by atoms with Crippen LogP contribution in [-0.4, -0.2) is 17.6 Å². The number of anilines is 1. The first-order valence-electron chi connectivity index (χ1n) is 8.60. The molecule has 1 aliphatic rings. The van der Waals surface area contributed by atoms with E-state index in [1.165, 1.54) is 23.1 Å². The summed E-state index contributed by atoms with van der Waals surface area (Å²) in [5, 5.41) is 17.7. The lowest BCUT2D eigenvalue weighted by atomic mass is 9.93. The number of rotatable bonds is 6. The molecule has 3 rings (SSSR count). The van der Waals surface area contributed by atoms with E-state index in [0.717, 1.165) is 22.5 Å². The van der Waals surface area contributed by atoms with Crippen LogP contribution in [0.4, 0.5) is 5.69 Å². The zero-order valence-electron chi connectivity index (χ0n) is 14.8. The third-order valence-electron chi connectivity index (χ3n) is 4.26. The first kappa shape index (κ1) is 19.2. The van der Waals surface area contributed by atoms with Crippen molar-refractivity contribution < 1.29 is 9.59 Å². The number of allylic oxidation sites excluding steroid dienone is 1. The molecule has 0 aliphatic carbocycles. The summed E-state index contributed by atoms with van der Waals surface area (Å²) < 4.78 is 0. The van der Waals surface area contributed by atoms with Crippen LogP contribution in [0, 0.1) is 11.3 Å². The largest absolute Gasteiger partial charge is 0.325 e. The van der Waals surface area contributed by atoms with Gasteiger partial charge in [0, 0.05) is 22.9 Å². The fraction of sp³-hybridized carbons (Fsp3) is 0.250. The average molecular weight is 398 g/mol. The smallest absolute Gasteiger partial charge is 0.234 e. The molecule has 2 aromatic rings. The number of amides is 2. The number of para-hydroxylation sites is 1. The number of hydrogen-bond acceptors (Lipinski definition) is 5. The lowest BCUT2D eigenvalue weighted by molar-refractivity contribution is -0.121. The highest BCUT2D eigenvalue weighted by atomic mass is 32.2. The van der Waals surface area contributed by atoms with Gasteiger partial charge in [-0.3, -0.25) is 9.59 Å². The zero-order valence-corrected chi connectivity index (χ0v) is 16.5. The first-order valence-corrected chi connectivity index (χ1v) is 10.5. The topological polar surface area (TPSA) is 82.0 Å². The Labute approximate surface area is 166 Å². The molecule has 2 amide bonds. The number of thiophene rings is 1. The second-order valence-electron chi connectivity index (χ2n) is 6.02. The number of carbonyl (C=O) groups excluding carboxylic acids is 2. The Morgan fingerprint density at radius 2 is 2.19 bits per heavy atom. The Bertz CT molecular complexity index is 914. The van der Waals surface area contributed by atoms with Crippen LogP contribution in [0.1, 0.15) is 29.7 Å². The molecule has 0 saturated heterocycles. The van der Waals surface area contributed by atoms with Gasteiger partial charge in [-0.2, -0.15) is 5.26 Å². The van der Waals surface area contributed by atoms with Gasteiger partial charge in [0.25, 0.3) is 0 Å². The lowest BCUT2D eigenvalue weighted by Crippen LogP contribution is -2.31. The van der Waals surface area contributed by atoms with Crippen molar-refractivity contribution in [1.29, 1.82) is 5.26 Å². The summed E-state index contributed by atoms with van der Waals surface area (Å²) in [6.45, 7) is 2.03. The van der Waals surface area contributed by atoms with Crippen molar-refractivity contribution in [3.63, 3.8) is 0 Å². The number of carbonyl (C=O) groups is 2. The van der Waals surface area contributed by atoms with Crippen LogP contribution in [0.3, 0.4) is 0 Å². The Morgan fingerprint density at radius 3 is 2.89 bits per heavy atom. The fourth-order valence-electron chi connectivity index (χ4n) is 2.94. The Hall–Kier alpha value is -2.56. The van der Waals surface area contributed by atoms with Crippen LogP contribution in [0.15, 0.2) is 52.4 Å². The second kappa shape index (κ2) is 8.89. The van der Waals surface area contributed by atoms with Crippen LogP contribution in [-0.2, 0) is 16.0 Å². The molecule has 0 bridgehead atoms. The summed E-state index contributed by atoms with van der Waals surface area (Å²) in [6, 6.07) is 13.7. The molecule has 5 nitrogen and oxygen atoms in total. The van der Waals surface area contributed by atoms with Crippen molar-refractivity contribution in [2.24, 2.45) is 0 Å². The van der Waals surface area contributed by atoms with Crippen molar-refractivity contribution in [2.45, 2.75) is 25.7 Å². The van der Waals surface area contributed by atoms with Crippen molar-refractivity contribution in [1.82, 2.24) is 5.32 Å². The maximum atomic E-state index is 12.4. The molecule has 1 aromatic heterocycles. The number of nitrogens with one attached hydrogen (secondary N) is 2. The fourth-order valence-corrected chi connectivity index (χ4v) is 4.65.